The van der Waals surface area contributed by atoms with Crippen molar-refractivity contribution < 1.29 is 14.3 Å². The van der Waals surface area contributed by atoms with Gasteiger partial charge in [0.15, 0.2) is 5.11 Å². The third-order valence-electron chi connectivity index (χ3n) is 3.73. The molecule has 0 aliphatic rings. The molecule has 0 saturated carbocycles. The number of nitrogens with one attached hydrogen (secondary N) is 2. The summed E-state index contributed by atoms with van der Waals surface area (Å²) in [7, 11) is 1.61. The minimum atomic E-state index is -0.296. The summed E-state index contributed by atoms with van der Waals surface area (Å²) >= 11 is 8.63. The smallest absolute Gasteiger partial charge is 0.257 e. The van der Waals surface area contributed by atoms with Gasteiger partial charge in [-0.25, -0.2) is 0 Å². The summed E-state index contributed by atoms with van der Waals surface area (Å²) in [6, 6.07) is 11.0. The predicted octanol–water partition coefficient (Wildman–Crippen LogP) is 4.22. The minimum absolute atomic E-state index is 0.245. The largest absolute Gasteiger partial charge is 0.490 e. The Labute approximate surface area is 167 Å². The van der Waals surface area contributed by atoms with Gasteiger partial charge in [-0.05, 0) is 83.5 Å². The maximum Gasteiger partial charge on any atom is 0.257 e. The molecule has 0 bridgehead atoms. The summed E-state index contributed by atoms with van der Waals surface area (Å²) in [4.78, 5) is 12.4. The lowest BCUT2D eigenvalue weighted by Crippen LogP contribution is -2.34. The van der Waals surface area contributed by atoms with Crippen LogP contribution in [0.5, 0.6) is 5.75 Å². The van der Waals surface area contributed by atoms with Gasteiger partial charge in [0.05, 0.1) is 11.1 Å². The number of ether oxygens (including phenoxy) is 2. The van der Waals surface area contributed by atoms with E-state index >= 15 is 0 Å². The molecule has 0 spiro atoms. The van der Waals surface area contributed by atoms with E-state index in [0.717, 1.165) is 11.3 Å². The van der Waals surface area contributed by atoms with Gasteiger partial charge in [0.1, 0.15) is 12.4 Å². The highest BCUT2D eigenvalue weighted by molar-refractivity contribution is 9.10. The van der Waals surface area contributed by atoms with Crippen molar-refractivity contribution in [3.63, 3.8) is 0 Å². The normalized spacial score (nSPS) is 10.3. The van der Waals surface area contributed by atoms with Crippen molar-refractivity contribution in [3.8, 4) is 5.75 Å². The molecule has 0 fully saturated rings. The summed E-state index contributed by atoms with van der Waals surface area (Å²) in [6.07, 6.45) is 0. The summed E-state index contributed by atoms with van der Waals surface area (Å²) in [5.74, 6) is 0.352. The Kier molecular flexibility index (Phi) is 7.56. The molecule has 1 amide bonds. The first-order valence-electron chi connectivity index (χ1n) is 8.01. The summed E-state index contributed by atoms with van der Waals surface area (Å²) in [6.45, 7) is 4.99. The Hall–Kier alpha value is -1.96. The third kappa shape index (κ3) is 5.79. The van der Waals surface area contributed by atoms with Crippen LogP contribution in [-0.2, 0) is 4.74 Å². The van der Waals surface area contributed by atoms with Gasteiger partial charge in [0.2, 0.25) is 0 Å². The molecule has 0 aliphatic carbocycles. The molecule has 0 saturated heterocycles. The molecule has 2 aromatic rings. The van der Waals surface area contributed by atoms with Gasteiger partial charge in [-0.3, -0.25) is 10.1 Å². The molecule has 0 radical (unpaired) electrons. The van der Waals surface area contributed by atoms with Crippen molar-refractivity contribution in [2.24, 2.45) is 0 Å². The van der Waals surface area contributed by atoms with Crippen molar-refractivity contribution >= 4 is 44.9 Å². The van der Waals surface area contributed by atoms with Gasteiger partial charge in [-0.15, -0.1) is 0 Å². The van der Waals surface area contributed by atoms with Crippen LogP contribution >= 0.6 is 28.1 Å². The Morgan fingerprint density at radius 2 is 1.88 bits per heavy atom. The number of carbonyl (C=O) groups excluding carboxylic acids is 1. The monoisotopic (exact) mass is 436 g/mol. The van der Waals surface area contributed by atoms with Crippen molar-refractivity contribution in [1.29, 1.82) is 0 Å². The van der Waals surface area contributed by atoms with Crippen molar-refractivity contribution in [3.05, 3.63) is 57.6 Å². The Balaban J connectivity index is 1.96. The molecule has 138 valence electrons. The van der Waals surface area contributed by atoms with Crippen LogP contribution < -0.4 is 15.4 Å². The van der Waals surface area contributed by atoms with Crippen LogP contribution in [-0.4, -0.2) is 31.3 Å². The number of hydrogen-bond acceptors (Lipinski definition) is 4. The number of benzene rings is 2. The van der Waals surface area contributed by atoms with Crippen LogP contribution in [0.25, 0.3) is 0 Å². The van der Waals surface area contributed by atoms with Crippen LogP contribution in [0.4, 0.5) is 5.69 Å². The molecule has 26 heavy (non-hydrogen) atoms. The fourth-order valence-corrected chi connectivity index (χ4v) is 2.85. The Bertz CT molecular complexity index is 811. The van der Waals surface area contributed by atoms with E-state index in [9.17, 15) is 4.79 Å². The highest BCUT2D eigenvalue weighted by Gasteiger charge is 2.11. The number of carbonyl (C=O) groups is 1. The minimum Gasteiger partial charge on any atom is -0.490 e. The second-order valence-corrected chi connectivity index (χ2v) is 6.96. The quantitative estimate of drug-likeness (QED) is 0.524. The van der Waals surface area contributed by atoms with Gasteiger partial charge < -0.3 is 14.8 Å². The first-order chi connectivity index (χ1) is 12.4. The first-order valence-corrected chi connectivity index (χ1v) is 9.21. The molecule has 0 aromatic heterocycles. The number of hydrogen-bond donors (Lipinski definition) is 2. The molecular formula is C19H21BrN2O3S. The van der Waals surface area contributed by atoms with E-state index in [1.807, 2.05) is 32.0 Å². The average molecular weight is 437 g/mol. The molecule has 0 unspecified atom stereocenters. The van der Waals surface area contributed by atoms with Crippen LogP contribution in [0.15, 0.2) is 40.9 Å². The lowest BCUT2D eigenvalue weighted by Gasteiger charge is -2.12. The number of aryl methyl sites for hydroxylation is 2. The second kappa shape index (κ2) is 9.66. The molecule has 2 rings (SSSR count). The Morgan fingerprint density at radius 1 is 1.12 bits per heavy atom. The number of methoxy groups -OCH3 is 1. The van der Waals surface area contributed by atoms with Crippen LogP contribution in [0.3, 0.4) is 0 Å². The number of rotatable bonds is 6. The van der Waals surface area contributed by atoms with Gasteiger partial charge in [0, 0.05) is 18.4 Å². The molecule has 0 aliphatic heterocycles. The molecule has 2 aromatic carbocycles. The van der Waals surface area contributed by atoms with E-state index in [2.05, 4.69) is 26.6 Å². The zero-order valence-electron chi connectivity index (χ0n) is 14.9. The zero-order chi connectivity index (χ0) is 19.1. The highest BCUT2D eigenvalue weighted by Crippen LogP contribution is 2.26. The summed E-state index contributed by atoms with van der Waals surface area (Å²) in [5, 5.41) is 5.94. The zero-order valence-corrected chi connectivity index (χ0v) is 17.3. The van der Waals surface area contributed by atoms with Crippen molar-refractivity contribution in [2.45, 2.75) is 13.8 Å². The van der Waals surface area contributed by atoms with E-state index in [-0.39, 0.29) is 11.0 Å². The van der Waals surface area contributed by atoms with Crippen LogP contribution in [0, 0.1) is 13.8 Å². The molecule has 7 heteroatoms. The van der Waals surface area contributed by atoms with Crippen LogP contribution in [0.2, 0.25) is 0 Å². The summed E-state index contributed by atoms with van der Waals surface area (Å²) < 4.78 is 11.2. The van der Waals surface area contributed by atoms with E-state index in [1.54, 1.807) is 25.3 Å². The molecule has 2 N–H and O–H groups in total. The second-order valence-electron chi connectivity index (χ2n) is 5.69. The van der Waals surface area contributed by atoms with Gasteiger partial charge in [-0.1, -0.05) is 6.07 Å². The predicted molar refractivity (Wildman–Crippen MR) is 111 cm³/mol. The highest BCUT2D eigenvalue weighted by atomic mass is 79.9. The van der Waals surface area contributed by atoms with E-state index in [1.165, 1.54) is 5.56 Å². The lowest BCUT2D eigenvalue weighted by molar-refractivity contribution is 0.0977. The van der Waals surface area contributed by atoms with E-state index in [0.29, 0.717) is 29.0 Å². The summed E-state index contributed by atoms with van der Waals surface area (Å²) in [5.41, 5.74) is 3.65. The molecular weight excluding hydrogens is 416 g/mol. The number of amides is 1. The maximum absolute atomic E-state index is 12.4. The van der Waals surface area contributed by atoms with E-state index in [4.69, 9.17) is 21.7 Å². The van der Waals surface area contributed by atoms with Crippen LogP contribution in [0.1, 0.15) is 21.5 Å². The van der Waals surface area contributed by atoms with Crippen molar-refractivity contribution in [1.82, 2.24) is 5.32 Å². The maximum atomic E-state index is 12.4. The standard InChI is InChI=1S/C19H21BrN2O3S/c1-12-4-6-15(10-13(12)2)21-19(26)22-18(23)14-5-7-17(16(20)11-14)25-9-8-24-3/h4-7,10-11H,8-9H2,1-3H3,(H2,21,22,23,26). The van der Waals surface area contributed by atoms with Gasteiger partial charge in [0.25, 0.3) is 5.91 Å². The molecule has 0 heterocycles. The molecule has 0 atom stereocenters. The fraction of sp³-hybridized carbons (Fsp3) is 0.263. The van der Waals surface area contributed by atoms with E-state index < -0.39 is 0 Å². The SMILES string of the molecule is COCCOc1ccc(C(=O)NC(=S)Nc2ccc(C)c(C)c2)cc1Br. The van der Waals surface area contributed by atoms with Gasteiger partial charge in [-0.2, -0.15) is 0 Å². The van der Waals surface area contributed by atoms with Gasteiger partial charge >= 0.3 is 0 Å². The Morgan fingerprint density at radius 3 is 2.54 bits per heavy atom. The number of thiocarbonyl (C=S) groups is 1. The molecule has 5 nitrogen and oxygen atoms in total. The first kappa shape index (κ1) is 20.4. The lowest BCUT2D eigenvalue weighted by atomic mass is 10.1. The number of halogens is 1. The third-order valence-corrected chi connectivity index (χ3v) is 4.55. The average Bonchev–Trinajstić information content (AvgIpc) is 2.59. The fourth-order valence-electron chi connectivity index (χ4n) is 2.15. The van der Waals surface area contributed by atoms with Crippen molar-refractivity contribution in [2.75, 3.05) is 25.6 Å². The topological polar surface area (TPSA) is 59.6 Å². The number of anilines is 1.